The van der Waals surface area contributed by atoms with Crippen molar-refractivity contribution >= 4 is 0 Å². The van der Waals surface area contributed by atoms with E-state index in [-0.39, 0.29) is 19.8 Å². The van der Waals surface area contributed by atoms with E-state index < -0.39 is 0 Å². The summed E-state index contributed by atoms with van der Waals surface area (Å²) in [6, 6.07) is 34.8. The number of rotatable bonds is 3. The van der Waals surface area contributed by atoms with Crippen LogP contribution in [0.1, 0.15) is 0 Å². The predicted octanol–water partition coefficient (Wildman–Crippen LogP) is 6.43. The molecule has 0 saturated heterocycles. The number of hydrogen-bond donors (Lipinski definition) is 0. The average Bonchev–Trinajstić information content (AvgIpc) is 3.01. The monoisotopic (exact) mass is 660 g/mol. The van der Waals surface area contributed by atoms with Gasteiger partial charge >= 0.3 is 19.8 Å². The zero-order valence-electron chi connectivity index (χ0n) is 19.9. The SMILES string of the molecule is [Os+2].c1ccc(-c2ccccn2)nc1.c1ccc(-c2ccccn2)nc1.c1ccc(-c2ccccn2)nc1. The second-order valence-electron chi connectivity index (χ2n) is 7.29. The normalized spacial score (nSPS) is 9.41. The minimum Gasteiger partial charge on any atom is -0.255 e. The second-order valence-corrected chi connectivity index (χ2v) is 7.29. The molecule has 6 aromatic rings. The molecule has 0 saturated carbocycles. The molecule has 6 heterocycles. The van der Waals surface area contributed by atoms with Crippen LogP contribution in [0.15, 0.2) is 146 Å². The quantitative estimate of drug-likeness (QED) is 0.218. The minimum absolute atomic E-state index is 0. The summed E-state index contributed by atoms with van der Waals surface area (Å²) in [4.78, 5) is 25.1. The Kier molecular flexibility index (Phi) is 11.4. The molecule has 0 aliphatic rings. The number of hydrogen-bond acceptors (Lipinski definition) is 6. The van der Waals surface area contributed by atoms with Crippen LogP contribution in [0.3, 0.4) is 0 Å². The van der Waals surface area contributed by atoms with Crippen LogP contribution in [0.2, 0.25) is 0 Å². The molecule has 6 aromatic heterocycles. The second kappa shape index (κ2) is 15.5. The van der Waals surface area contributed by atoms with Gasteiger partial charge in [-0.1, -0.05) is 36.4 Å². The van der Waals surface area contributed by atoms with Gasteiger partial charge in [-0.05, 0) is 72.8 Å². The first-order valence-corrected chi connectivity index (χ1v) is 11.4. The van der Waals surface area contributed by atoms with Gasteiger partial charge in [0.2, 0.25) is 0 Å². The van der Waals surface area contributed by atoms with Gasteiger partial charge in [0.15, 0.2) is 0 Å². The van der Waals surface area contributed by atoms with Crippen LogP contribution in [0.25, 0.3) is 34.2 Å². The minimum atomic E-state index is 0. The molecular weight excluding hydrogens is 635 g/mol. The van der Waals surface area contributed by atoms with Gasteiger partial charge in [0.05, 0.1) is 34.2 Å². The summed E-state index contributed by atoms with van der Waals surface area (Å²) in [7, 11) is 0. The topological polar surface area (TPSA) is 77.3 Å². The average molecular weight is 659 g/mol. The van der Waals surface area contributed by atoms with Crippen LogP contribution < -0.4 is 0 Å². The van der Waals surface area contributed by atoms with E-state index in [4.69, 9.17) is 0 Å². The maximum Gasteiger partial charge on any atom is 2.00 e. The zero-order chi connectivity index (χ0) is 24.7. The third kappa shape index (κ3) is 8.92. The van der Waals surface area contributed by atoms with Crippen molar-refractivity contribution in [2.24, 2.45) is 0 Å². The van der Waals surface area contributed by atoms with Gasteiger partial charge in [0, 0.05) is 37.2 Å². The van der Waals surface area contributed by atoms with E-state index in [0.717, 1.165) is 34.2 Å². The van der Waals surface area contributed by atoms with Crippen molar-refractivity contribution in [2.75, 3.05) is 0 Å². The molecule has 0 aliphatic heterocycles. The fourth-order valence-corrected chi connectivity index (χ4v) is 3.09. The summed E-state index contributed by atoms with van der Waals surface area (Å²) in [5.41, 5.74) is 5.49. The van der Waals surface area contributed by atoms with E-state index in [2.05, 4.69) is 29.9 Å². The molecule has 0 N–H and O–H groups in total. The first-order chi connectivity index (χ1) is 17.9. The van der Waals surface area contributed by atoms with Crippen molar-refractivity contribution in [2.45, 2.75) is 0 Å². The van der Waals surface area contributed by atoms with Gasteiger partial charge in [-0.15, -0.1) is 0 Å². The maximum atomic E-state index is 4.19. The molecule has 180 valence electrons. The molecule has 0 bridgehead atoms. The first-order valence-electron chi connectivity index (χ1n) is 11.4. The van der Waals surface area contributed by atoms with Crippen molar-refractivity contribution in [3.05, 3.63) is 146 Å². The van der Waals surface area contributed by atoms with Crippen LogP contribution in [0.5, 0.6) is 0 Å². The van der Waals surface area contributed by atoms with E-state index >= 15 is 0 Å². The van der Waals surface area contributed by atoms with E-state index in [9.17, 15) is 0 Å². The molecule has 6 rings (SSSR count). The Labute approximate surface area is 229 Å². The Morgan fingerprint density at radius 2 is 0.405 bits per heavy atom. The molecule has 0 fully saturated rings. The number of nitrogens with zero attached hydrogens (tertiary/aromatic N) is 6. The summed E-state index contributed by atoms with van der Waals surface area (Å²) in [6.07, 6.45) is 10.6. The van der Waals surface area contributed by atoms with Crippen LogP contribution in [0, 0.1) is 0 Å². The van der Waals surface area contributed by atoms with Crippen molar-refractivity contribution in [3.8, 4) is 34.2 Å². The van der Waals surface area contributed by atoms with Crippen LogP contribution >= 0.6 is 0 Å². The van der Waals surface area contributed by atoms with E-state index in [1.165, 1.54) is 0 Å². The first kappa shape index (κ1) is 27.1. The van der Waals surface area contributed by atoms with Crippen molar-refractivity contribution in [3.63, 3.8) is 0 Å². The van der Waals surface area contributed by atoms with Gasteiger partial charge in [-0.25, -0.2) is 0 Å². The summed E-state index contributed by atoms with van der Waals surface area (Å²) in [6.45, 7) is 0. The Balaban J connectivity index is 0.000000152. The summed E-state index contributed by atoms with van der Waals surface area (Å²) >= 11 is 0. The molecular formula is C30H24N6Os+2. The predicted molar refractivity (Wildman–Crippen MR) is 142 cm³/mol. The molecule has 6 nitrogen and oxygen atoms in total. The fourth-order valence-electron chi connectivity index (χ4n) is 3.09. The smallest absolute Gasteiger partial charge is 0.255 e. The van der Waals surface area contributed by atoms with Crippen LogP contribution in [-0.2, 0) is 19.8 Å². The third-order valence-corrected chi connectivity index (χ3v) is 4.78. The fraction of sp³-hybridized carbons (Fsp3) is 0. The Morgan fingerprint density at radius 3 is 0.514 bits per heavy atom. The third-order valence-electron chi connectivity index (χ3n) is 4.78. The molecule has 0 radical (unpaired) electrons. The molecule has 0 amide bonds. The molecule has 0 spiro atoms. The van der Waals surface area contributed by atoms with Crippen molar-refractivity contribution in [1.29, 1.82) is 0 Å². The standard InChI is InChI=1S/3C10H8N2.Os/c3*1-3-7-11-9(5-1)10-6-2-4-8-12-10;/h3*1-8H;/q;;;+2. The van der Waals surface area contributed by atoms with Crippen molar-refractivity contribution < 1.29 is 19.8 Å². The van der Waals surface area contributed by atoms with E-state index in [1.54, 1.807) is 37.2 Å². The van der Waals surface area contributed by atoms with Gasteiger partial charge in [-0.3, -0.25) is 29.9 Å². The number of aromatic nitrogens is 6. The van der Waals surface area contributed by atoms with Gasteiger partial charge < -0.3 is 0 Å². The molecule has 0 atom stereocenters. The van der Waals surface area contributed by atoms with Gasteiger partial charge in [0.1, 0.15) is 0 Å². The molecule has 0 aliphatic carbocycles. The van der Waals surface area contributed by atoms with E-state index in [1.807, 2.05) is 109 Å². The van der Waals surface area contributed by atoms with Gasteiger partial charge in [0.25, 0.3) is 0 Å². The summed E-state index contributed by atoms with van der Waals surface area (Å²) < 4.78 is 0. The van der Waals surface area contributed by atoms with Crippen LogP contribution in [-0.4, -0.2) is 29.9 Å². The van der Waals surface area contributed by atoms with Crippen LogP contribution in [0.4, 0.5) is 0 Å². The Morgan fingerprint density at radius 1 is 0.243 bits per heavy atom. The molecule has 0 aromatic carbocycles. The largest absolute Gasteiger partial charge is 2.00 e. The van der Waals surface area contributed by atoms with E-state index in [0.29, 0.717) is 0 Å². The summed E-state index contributed by atoms with van der Waals surface area (Å²) in [5, 5.41) is 0. The molecule has 0 unspecified atom stereocenters. The molecule has 7 heteroatoms. The molecule has 37 heavy (non-hydrogen) atoms. The number of pyridine rings is 6. The summed E-state index contributed by atoms with van der Waals surface area (Å²) in [5.74, 6) is 0. The maximum absolute atomic E-state index is 4.19. The Hall–Kier alpha value is -4.46. The zero-order valence-corrected chi connectivity index (χ0v) is 22.4. The van der Waals surface area contributed by atoms with Gasteiger partial charge in [-0.2, -0.15) is 0 Å². The van der Waals surface area contributed by atoms with Crippen molar-refractivity contribution in [1.82, 2.24) is 29.9 Å². The Bertz CT molecular complexity index is 1100.